The van der Waals surface area contributed by atoms with E-state index in [1.165, 1.54) is 5.56 Å². The summed E-state index contributed by atoms with van der Waals surface area (Å²) in [6.07, 6.45) is 5.67. The molecule has 1 aliphatic carbocycles. The molecule has 2 unspecified atom stereocenters. The Bertz CT molecular complexity index is 1060. The lowest BCUT2D eigenvalue weighted by molar-refractivity contribution is 0.0947. The third kappa shape index (κ3) is 3.99. The van der Waals surface area contributed by atoms with Crippen molar-refractivity contribution in [2.45, 2.75) is 45.4 Å². The van der Waals surface area contributed by atoms with E-state index in [-0.39, 0.29) is 5.91 Å². The molecule has 154 valence electrons. The fraction of sp³-hybridized carbons (Fsp3) is 0.308. The zero-order chi connectivity index (χ0) is 21.3. The summed E-state index contributed by atoms with van der Waals surface area (Å²) in [5, 5.41) is 5.56. The van der Waals surface area contributed by atoms with E-state index >= 15 is 0 Å². The van der Waals surface area contributed by atoms with Crippen molar-refractivity contribution in [1.29, 1.82) is 0 Å². The summed E-state index contributed by atoms with van der Waals surface area (Å²) >= 11 is 6.10. The first-order valence-electron chi connectivity index (χ1n) is 10.6. The number of hydrogen-bond donors (Lipinski definition) is 0. The molecule has 4 heteroatoms. The molecule has 30 heavy (non-hydrogen) atoms. The highest BCUT2D eigenvalue weighted by molar-refractivity contribution is 6.30. The van der Waals surface area contributed by atoms with Gasteiger partial charge in [0.25, 0.3) is 5.91 Å². The lowest BCUT2D eigenvalue weighted by Gasteiger charge is -2.30. The maximum absolute atomic E-state index is 13.3. The molecule has 4 rings (SSSR count). The van der Waals surface area contributed by atoms with Crippen LogP contribution in [0.4, 0.5) is 0 Å². The summed E-state index contributed by atoms with van der Waals surface area (Å²) < 4.78 is 1.65. The standard InChI is InChI=1S/C26H27ClN2O/c1-17(2)22-15-9-18(3)24-25(20-11-13-21(27)14-12-20)28-29(26(22)24)23(30)16-10-19-7-5-4-6-8-19/h4-8,10-14,16-18,22H,9,15H2,1-3H3. The van der Waals surface area contributed by atoms with Crippen molar-refractivity contribution in [3.63, 3.8) is 0 Å². The van der Waals surface area contributed by atoms with Crippen molar-refractivity contribution >= 4 is 23.6 Å². The Morgan fingerprint density at radius 3 is 2.47 bits per heavy atom. The molecule has 1 heterocycles. The molecule has 2 aromatic carbocycles. The first kappa shape index (κ1) is 20.6. The van der Waals surface area contributed by atoms with Crippen LogP contribution in [0.3, 0.4) is 0 Å². The summed E-state index contributed by atoms with van der Waals surface area (Å²) in [6.45, 7) is 6.70. The summed E-state index contributed by atoms with van der Waals surface area (Å²) in [6, 6.07) is 17.6. The summed E-state index contributed by atoms with van der Waals surface area (Å²) in [4.78, 5) is 13.3. The third-order valence-electron chi connectivity index (χ3n) is 6.06. The van der Waals surface area contributed by atoms with Crippen LogP contribution in [0.2, 0.25) is 5.02 Å². The van der Waals surface area contributed by atoms with Crippen LogP contribution in [-0.2, 0) is 0 Å². The molecule has 1 aliphatic rings. The highest BCUT2D eigenvalue weighted by Crippen LogP contribution is 2.46. The molecule has 0 spiro atoms. The fourth-order valence-corrected chi connectivity index (χ4v) is 4.56. The van der Waals surface area contributed by atoms with Gasteiger partial charge in [0, 0.05) is 28.1 Å². The SMILES string of the molecule is CC1CCC(C(C)C)c2c1c(-c1ccc(Cl)cc1)nn2C(=O)C=Cc1ccccc1. The van der Waals surface area contributed by atoms with Crippen LogP contribution in [0.25, 0.3) is 17.3 Å². The molecule has 3 nitrogen and oxygen atoms in total. The normalized spacial score (nSPS) is 18.7. The molecule has 3 aromatic rings. The minimum absolute atomic E-state index is 0.102. The quantitative estimate of drug-likeness (QED) is 0.420. The number of nitrogens with zero attached hydrogens (tertiary/aromatic N) is 2. The van der Waals surface area contributed by atoms with Crippen molar-refractivity contribution in [1.82, 2.24) is 9.78 Å². The van der Waals surface area contributed by atoms with Crippen molar-refractivity contribution in [2.75, 3.05) is 0 Å². The van der Waals surface area contributed by atoms with Gasteiger partial charge in [0.05, 0.1) is 11.4 Å². The summed E-state index contributed by atoms with van der Waals surface area (Å²) in [7, 11) is 0. The van der Waals surface area contributed by atoms with E-state index in [4.69, 9.17) is 16.7 Å². The average Bonchev–Trinajstić information content (AvgIpc) is 3.15. The van der Waals surface area contributed by atoms with Crippen molar-refractivity contribution in [3.8, 4) is 11.3 Å². The zero-order valence-corrected chi connectivity index (χ0v) is 18.4. The second-order valence-electron chi connectivity index (χ2n) is 8.48. The van der Waals surface area contributed by atoms with Gasteiger partial charge in [0.15, 0.2) is 0 Å². The summed E-state index contributed by atoms with van der Waals surface area (Å²) in [5.74, 6) is 1.02. The lowest BCUT2D eigenvalue weighted by Crippen LogP contribution is -2.23. The van der Waals surface area contributed by atoms with Gasteiger partial charge in [0.1, 0.15) is 0 Å². The number of benzene rings is 2. The lowest BCUT2D eigenvalue weighted by atomic mass is 9.75. The van der Waals surface area contributed by atoms with Gasteiger partial charge in [-0.15, -0.1) is 0 Å². The molecule has 2 atom stereocenters. The topological polar surface area (TPSA) is 34.9 Å². The van der Waals surface area contributed by atoms with E-state index in [9.17, 15) is 4.79 Å². The summed E-state index contributed by atoms with van der Waals surface area (Å²) in [5.41, 5.74) is 5.20. The van der Waals surface area contributed by atoms with Gasteiger partial charge in [-0.3, -0.25) is 4.79 Å². The van der Waals surface area contributed by atoms with Gasteiger partial charge in [0.2, 0.25) is 0 Å². The predicted molar refractivity (Wildman–Crippen MR) is 124 cm³/mol. The van der Waals surface area contributed by atoms with E-state index in [1.807, 2.05) is 60.7 Å². The smallest absolute Gasteiger partial charge is 0.267 e. The van der Waals surface area contributed by atoms with Crippen LogP contribution in [-0.4, -0.2) is 15.7 Å². The number of allylic oxidation sites excluding steroid dienone is 1. The Balaban J connectivity index is 1.83. The Hall–Kier alpha value is -2.65. The Morgan fingerprint density at radius 2 is 1.80 bits per heavy atom. The van der Waals surface area contributed by atoms with Gasteiger partial charge in [-0.05, 0) is 48.4 Å². The molecule has 1 aromatic heterocycles. The predicted octanol–water partition coefficient (Wildman–Crippen LogP) is 7.19. The van der Waals surface area contributed by atoms with Gasteiger partial charge in [-0.2, -0.15) is 5.10 Å². The minimum atomic E-state index is -0.102. The van der Waals surface area contributed by atoms with Crippen molar-refractivity contribution < 1.29 is 4.79 Å². The minimum Gasteiger partial charge on any atom is -0.267 e. The maximum atomic E-state index is 13.3. The van der Waals surface area contributed by atoms with E-state index in [0.29, 0.717) is 22.8 Å². The molecule has 0 aliphatic heterocycles. The molecule has 0 radical (unpaired) electrons. The zero-order valence-electron chi connectivity index (χ0n) is 17.7. The number of fused-ring (bicyclic) bond motifs is 1. The van der Waals surface area contributed by atoms with Gasteiger partial charge >= 0.3 is 0 Å². The largest absolute Gasteiger partial charge is 0.271 e. The number of aromatic nitrogens is 2. The van der Waals surface area contributed by atoms with Gasteiger partial charge < -0.3 is 0 Å². The fourth-order valence-electron chi connectivity index (χ4n) is 4.44. The molecule has 0 saturated carbocycles. The van der Waals surface area contributed by atoms with E-state index in [2.05, 4.69) is 20.8 Å². The number of carbonyl (C=O) groups is 1. The average molecular weight is 419 g/mol. The number of halogens is 1. The molecule has 0 bridgehead atoms. The molecular weight excluding hydrogens is 392 g/mol. The van der Waals surface area contributed by atoms with E-state index < -0.39 is 0 Å². The van der Waals surface area contributed by atoms with Gasteiger partial charge in [-0.1, -0.05) is 74.8 Å². The van der Waals surface area contributed by atoms with Crippen molar-refractivity contribution in [2.24, 2.45) is 5.92 Å². The van der Waals surface area contributed by atoms with Crippen LogP contribution in [0, 0.1) is 5.92 Å². The maximum Gasteiger partial charge on any atom is 0.271 e. The van der Waals surface area contributed by atoms with E-state index in [0.717, 1.165) is 35.4 Å². The van der Waals surface area contributed by atoms with Crippen LogP contribution in [0.15, 0.2) is 60.7 Å². The molecule has 0 amide bonds. The second-order valence-corrected chi connectivity index (χ2v) is 8.91. The number of rotatable bonds is 4. The van der Waals surface area contributed by atoms with Crippen LogP contribution < -0.4 is 0 Å². The van der Waals surface area contributed by atoms with Crippen LogP contribution >= 0.6 is 11.6 Å². The molecule has 0 N–H and O–H groups in total. The third-order valence-corrected chi connectivity index (χ3v) is 6.32. The van der Waals surface area contributed by atoms with Crippen LogP contribution in [0.1, 0.15) is 67.1 Å². The van der Waals surface area contributed by atoms with Crippen LogP contribution in [0.5, 0.6) is 0 Å². The number of hydrogen-bond acceptors (Lipinski definition) is 2. The highest BCUT2D eigenvalue weighted by Gasteiger charge is 2.35. The van der Waals surface area contributed by atoms with Gasteiger partial charge in [-0.25, -0.2) is 4.68 Å². The molecule has 0 fully saturated rings. The second kappa shape index (κ2) is 8.61. The Kier molecular flexibility index (Phi) is 5.92. The first-order chi connectivity index (χ1) is 14.5. The molecule has 0 saturated heterocycles. The van der Waals surface area contributed by atoms with Crippen molar-refractivity contribution in [3.05, 3.63) is 82.5 Å². The monoisotopic (exact) mass is 418 g/mol. The van der Waals surface area contributed by atoms with E-state index in [1.54, 1.807) is 10.8 Å². The number of carbonyl (C=O) groups excluding carboxylic acids is 1. The first-order valence-corrected chi connectivity index (χ1v) is 11.0. The highest BCUT2D eigenvalue weighted by atomic mass is 35.5. The Labute approximate surface area is 183 Å². The Morgan fingerprint density at radius 1 is 1.10 bits per heavy atom. The molecular formula is C26H27ClN2O.